The van der Waals surface area contributed by atoms with E-state index in [1.807, 2.05) is 54.3 Å². The number of fused-ring (bicyclic) bond motifs is 1. The van der Waals surface area contributed by atoms with Gasteiger partial charge < -0.3 is 28.4 Å². The Kier molecular flexibility index (Phi) is 8.56. The van der Waals surface area contributed by atoms with Crippen molar-refractivity contribution < 1.29 is 23.4 Å². The number of allylic oxidation sites excluding steroid dienone is 1. The maximum Gasteiger partial charge on any atom is 0.254 e. The summed E-state index contributed by atoms with van der Waals surface area (Å²) in [4.78, 5) is 22.0. The molecule has 2 aromatic carbocycles. The van der Waals surface area contributed by atoms with Gasteiger partial charge in [0.25, 0.3) is 5.91 Å². The monoisotopic (exact) mass is 594 g/mol. The minimum atomic E-state index is 0.0224. The molecule has 9 nitrogen and oxygen atoms in total. The number of aliphatic imine (C=N–C) groups is 1. The van der Waals surface area contributed by atoms with Crippen molar-refractivity contribution >= 4 is 23.9 Å². The molecule has 0 spiro atoms. The number of hydrogen-bond donors (Lipinski definition) is 0. The highest BCUT2D eigenvalue weighted by Gasteiger charge is 2.40. The zero-order valence-corrected chi connectivity index (χ0v) is 25.5. The molecule has 0 aliphatic carbocycles. The van der Waals surface area contributed by atoms with Crippen LogP contribution in [0.1, 0.15) is 47.0 Å². The van der Waals surface area contributed by atoms with E-state index in [9.17, 15) is 10.1 Å². The Morgan fingerprint density at radius 3 is 2.43 bits per heavy atom. The van der Waals surface area contributed by atoms with Crippen LogP contribution < -0.4 is 9.47 Å². The van der Waals surface area contributed by atoms with E-state index in [1.54, 1.807) is 13.2 Å². The predicted molar refractivity (Wildman–Crippen MR) is 169 cm³/mol. The molecule has 0 radical (unpaired) electrons. The van der Waals surface area contributed by atoms with Crippen molar-refractivity contribution in [3.63, 3.8) is 0 Å². The van der Waals surface area contributed by atoms with Crippen LogP contribution in [0, 0.1) is 23.2 Å². The number of amides is 1. The molecule has 0 saturated carbocycles. The summed E-state index contributed by atoms with van der Waals surface area (Å²) in [5.74, 6) is 3.26. The highest BCUT2D eigenvalue weighted by Crippen LogP contribution is 2.42. The third-order valence-electron chi connectivity index (χ3n) is 8.96. The Labute approximate surface area is 258 Å². The number of likely N-dealkylation sites (tertiary alicyclic amines) is 2. The molecule has 3 aliphatic rings. The lowest BCUT2D eigenvalue weighted by molar-refractivity contribution is 0.0254. The molecule has 3 fully saturated rings. The molecule has 1 amide bonds. The van der Waals surface area contributed by atoms with E-state index in [0.29, 0.717) is 70.4 Å². The number of furan rings is 1. The number of rotatable bonds is 8. The first kappa shape index (κ1) is 29.7. The van der Waals surface area contributed by atoms with Crippen LogP contribution in [0.3, 0.4) is 0 Å². The number of carbonyl (C=O) groups excluding carboxylic acids is 1. The van der Waals surface area contributed by atoms with Crippen molar-refractivity contribution in [2.45, 2.75) is 25.9 Å². The second-order valence-electron chi connectivity index (χ2n) is 11.8. The van der Waals surface area contributed by atoms with E-state index < -0.39 is 0 Å². The molecule has 2 unspecified atom stereocenters. The highest BCUT2D eigenvalue weighted by molar-refractivity contribution is 5.96. The van der Waals surface area contributed by atoms with Crippen molar-refractivity contribution in [3.8, 4) is 28.9 Å². The Morgan fingerprint density at radius 2 is 1.77 bits per heavy atom. The molecule has 3 aromatic rings. The quantitative estimate of drug-likeness (QED) is 0.304. The lowest BCUT2D eigenvalue weighted by atomic mass is 9.99. The van der Waals surface area contributed by atoms with Gasteiger partial charge in [0.15, 0.2) is 5.76 Å². The Hall–Kier alpha value is -4.39. The first-order valence-electron chi connectivity index (χ1n) is 15.1. The maximum atomic E-state index is 13.4. The number of nitriles is 1. The maximum absolute atomic E-state index is 13.4. The zero-order chi connectivity index (χ0) is 30.8. The van der Waals surface area contributed by atoms with E-state index >= 15 is 0 Å². The molecule has 2 atom stereocenters. The minimum absolute atomic E-state index is 0.0224. The summed E-state index contributed by atoms with van der Waals surface area (Å²) in [5.41, 5.74) is 3.86. The fourth-order valence-electron chi connectivity index (χ4n) is 6.72. The summed E-state index contributed by atoms with van der Waals surface area (Å²) >= 11 is 0. The minimum Gasteiger partial charge on any atom is -0.496 e. The Balaban J connectivity index is 1.26. The number of ether oxygens (including phenoxy) is 3. The topological polar surface area (TPSA) is 101 Å². The van der Waals surface area contributed by atoms with Gasteiger partial charge in [0.1, 0.15) is 35.1 Å². The normalized spacial score (nSPS) is 20.8. The molecule has 0 bridgehead atoms. The summed E-state index contributed by atoms with van der Waals surface area (Å²) in [6.07, 6.45) is 3.55. The van der Waals surface area contributed by atoms with Gasteiger partial charge in [0.2, 0.25) is 0 Å². The largest absolute Gasteiger partial charge is 0.496 e. The predicted octanol–water partition coefficient (Wildman–Crippen LogP) is 5.80. The van der Waals surface area contributed by atoms with E-state index in [0.717, 1.165) is 50.2 Å². The molecule has 44 heavy (non-hydrogen) atoms. The molecule has 3 saturated heterocycles. The van der Waals surface area contributed by atoms with Gasteiger partial charge in [-0.3, -0.25) is 9.79 Å². The van der Waals surface area contributed by atoms with Gasteiger partial charge >= 0.3 is 0 Å². The van der Waals surface area contributed by atoms with Crippen LogP contribution in [0.5, 0.6) is 11.5 Å². The smallest absolute Gasteiger partial charge is 0.254 e. The number of nitrogens with zero attached hydrogens (tertiary/aromatic N) is 4. The number of benzene rings is 2. The summed E-state index contributed by atoms with van der Waals surface area (Å²) < 4.78 is 23.7. The standard InChI is InChI=1S/C35H38N4O5/c1-5-28(22-7-9-31(24(14-22)17-36)43-27-10-12-42-13-11-27)34-30(37-2)16-33(44-34)29-8-6-23(15-32(29)41-4)35(40)39-20-25-18-38(3)19-26(25)21-39/h5-9,14-16,25-27H,2,10-13,18-21H2,1,3-4H3/b28-5-. The molecule has 1 aromatic heterocycles. The summed E-state index contributed by atoms with van der Waals surface area (Å²) in [6.45, 7) is 10.7. The van der Waals surface area contributed by atoms with Gasteiger partial charge in [-0.05, 0) is 68.4 Å². The molecule has 3 aliphatic heterocycles. The van der Waals surface area contributed by atoms with Crippen molar-refractivity contribution in [1.29, 1.82) is 5.26 Å². The number of carbonyl (C=O) groups is 1. The number of methoxy groups -OCH3 is 1. The van der Waals surface area contributed by atoms with E-state index in [1.165, 1.54) is 0 Å². The van der Waals surface area contributed by atoms with Crippen molar-refractivity contribution in [1.82, 2.24) is 9.80 Å². The molecule has 0 N–H and O–H groups in total. The average Bonchev–Trinajstić information content (AvgIpc) is 3.75. The summed E-state index contributed by atoms with van der Waals surface area (Å²) in [7, 11) is 3.73. The second-order valence-corrected chi connectivity index (χ2v) is 11.8. The Morgan fingerprint density at radius 1 is 1.05 bits per heavy atom. The van der Waals surface area contributed by atoms with Crippen LogP contribution in [0.4, 0.5) is 5.69 Å². The van der Waals surface area contributed by atoms with Crippen LogP contribution >= 0.6 is 0 Å². The number of hydrogen-bond acceptors (Lipinski definition) is 8. The third-order valence-corrected chi connectivity index (χ3v) is 8.96. The molecule has 6 rings (SSSR count). The average molecular weight is 595 g/mol. The van der Waals surface area contributed by atoms with E-state index in [4.69, 9.17) is 18.6 Å². The van der Waals surface area contributed by atoms with Gasteiger partial charge in [-0.25, -0.2) is 0 Å². The van der Waals surface area contributed by atoms with Crippen LogP contribution in [0.25, 0.3) is 16.9 Å². The molecular formula is C35H38N4O5. The second kappa shape index (κ2) is 12.7. The van der Waals surface area contributed by atoms with Crippen molar-refractivity contribution in [3.05, 3.63) is 71.0 Å². The van der Waals surface area contributed by atoms with E-state index in [-0.39, 0.29) is 12.0 Å². The summed E-state index contributed by atoms with van der Waals surface area (Å²) in [6, 6.07) is 15.1. The van der Waals surface area contributed by atoms with Gasteiger partial charge in [-0.2, -0.15) is 5.26 Å². The lowest BCUT2D eigenvalue weighted by Crippen LogP contribution is -2.32. The lowest BCUT2D eigenvalue weighted by Gasteiger charge is -2.24. The molecule has 228 valence electrons. The van der Waals surface area contributed by atoms with Gasteiger partial charge in [-0.1, -0.05) is 12.1 Å². The van der Waals surface area contributed by atoms with Gasteiger partial charge in [0, 0.05) is 56.2 Å². The highest BCUT2D eigenvalue weighted by atomic mass is 16.5. The fourth-order valence-corrected chi connectivity index (χ4v) is 6.72. The first-order valence-corrected chi connectivity index (χ1v) is 15.1. The van der Waals surface area contributed by atoms with Crippen molar-refractivity contribution in [2.75, 3.05) is 53.6 Å². The van der Waals surface area contributed by atoms with Crippen LogP contribution in [0.15, 0.2) is 58.0 Å². The third kappa shape index (κ3) is 5.75. The fraction of sp³-hybridized carbons (Fsp3) is 0.400. The van der Waals surface area contributed by atoms with Crippen LogP contribution in [-0.4, -0.2) is 82.1 Å². The van der Waals surface area contributed by atoms with Crippen molar-refractivity contribution in [2.24, 2.45) is 16.8 Å². The SMILES string of the molecule is C=Nc1cc(-c2ccc(C(=O)N3CC4CN(C)CC4C3)cc2OC)oc1/C(=C\C)c1ccc(OC2CCOCC2)c(C#N)c1. The molecule has 9 heteroatoms. The van der Waals surface area contributed by atoms with E-state index in [2.05, 4.69) is 29.7 Å². The first-order chi connectivity index (χ1) is 21.4. The van der Waals surface area contributed by atoms with Crippen LogP contribution in [0.2, 0.25) is 0 Å². The summed E-state index contributed by atoms with van der Waals surface area (Å²) in [5, 5.41) is 9.92. The molecular weight excluding hydrogens is 556 g/mol. The zero-order valence-electron chi connectivity index (χ0n) is 25.5. The van der Waals surface area contributed by atoms with Gasteiger partial charge in [-0.15, -0.1) is 0 Å². The Bertz CT molecular complexity index is 1620. The molecule has 4 heterocycles. The van der Waals surface area contributed by atoms with Gasteiger partial charge in [0.05, 0.1) is 31.5 Å². The van der Waals surface area contributed by atoms with Crippen LogP contribution in [-0.2, 0) is 4.74 Å².